The molecule has 2 aromatic rings. The van der Waals surface area contributed by atoms with E-state index in [2.05, 4.69) is 4.98 Å². The SMILES string of the molecule is Cc1[nH]c(=O)ccc1-c1ccc(O)c(O)c1. The number of rotatable bonds is 1. The Bertz CT molecular complexity index is 587. The normalized spacial score (nSPS) is 10.3. The van der Waals surface area contributed by atoms with Gasteiger partial charge in [-0.15, -0.1) is 0 Å². The molecule has 0 aliphatic rings. The summed E-state index contributed by atoms with van der Waals surface area (Å²) in [5.41, 5.74) is 2.11. The smallest absolute Gasteiger partial charge is 0.248 e. The second-order valence-corrected chi connectivity index (χ2v) is 3.56. The molecule has 2 rings (SSSR count). The van der Waals surface area contributed by atoms with E-state index >= 15 is 0 Å². The van der Waals surface area contributed by atoms with E-state index in [0.29, 0.717) is 0 Å². The van der Waals surface area contributed by atoms with Crippen LogP contribution in [-0.2, 0) is 0 Å². The topological polar surface area (TPSA) is 73.3 Å². The van der Waals surface area contributed by atoms with Crippen LogP contribution in [-0.4, -0.2) is 15.2 Å². The summed E-state index contributed by atoms with van der Waals surface area (Å²) < 4.78 is 0. The average Bonchev–Trinajstić information content (AvgIpc) is 2.22. The number of hydrogen-bond acceptors (Lipinski definition) is 3. The van der Waals surface area contributed by atoms with Crippen molar-refractivity contribution < 1.29 is 10.2 Å². The van der Waals surface area contributed by atoms with Gasteiger partial charge in [-0.3, -0.25) is 4.79 Å². The van der Waals surface area contributed by atoms with Crippen molar-refractivity contribution in [2.45, 2.75) is 6.92 Å². The molecule has 82 valence electrons. The zero-order valence-corrected chi connectivity index (χ0v) is 8.69. The standard InChI is InChI=1S/C12H11NO3/c1-7-9(3-5-12(16)13-7)8-2-4-10(14)11(15)6-8/h2-6,14-15H,1H3,(H,13,16). The summed E-state index contributed by atoms with van der Waals surface area (Å²) in [5, 5.41) is 18.6. The average molecular weight is 217 g/mol. The Hall–Kier alpha value is -2.23. The van der Waals surface area contributed by atoms with Gasteiger partial charge in [0, 0.05) is 17.3 Å². The number of aromatic amines is 1. The Morgan fingerprint density at radius 2 is 1.81 bits per heavy atom. The summed E-state index contributed by atoms with van der Waals surface area (Å²) in [5.74, 6) is -0.339. The zero-order valence-electron chi connectivity index (χ0n) is 8.69. The third-order valence-electron chi connectivity index (χ3n) is 2.40. The van der Waals surface area contributed by atoms with Crippen molar-refractivity contribution in [2.75, 3.05) is 0 Å². The molecule has 0 saturated heterocycles. The first-order valence-corrected chi connectivity index (χ1v) is 4.80. The van der Waals surface area contributed by atoms with Gasteiger partial charge < -0.3 is 15.2 Å². The zero-order chi connectivity index (χ0) is 11.7. The Morgan fingerprint density at radius 1 is 1.06 bits per heavy atom. The first kappa shape index (κ1) is 10.3. The van der Waals surface area contributed by atoms with Crippen molar-refractivity contribution in [3.8, 4) is 22.6 Å². The fourth-order valence-electron chi connectivity index (χ4n) is 1.58. The van der Waals surface area contributed by atoms with E-state index in [1.165, 1.54) is 18.2 Å². The van der Waals surface area contributed by atoms with Gasteiger partial charge in [0.05, 0.1) is 0 Å². The molecule has 0 amide bonds. The van der Waals surface area contributed by atoms with Gasteiger partial charge in [0.25, 0.3) is 0 Å². The molecular weight excluding hydrogens is 206 g/mol. The number of hydrogen-bond donors (Lipinski definition) is 3. The Balaban J connectivity index is 2.59. The van der Waals surface area contributed by atoms with Gasteiger partial charge in [-0.25, -0.2) is 0 Å². The summed E-state index contributed by atoms with van der Waals surface area (Å²) in [6.45, 7) is 1.78. The molecule has 1 aromatic heterocycles. The van der Waals surface area contributed by atoms with Gasteiger partial charge in [0.2, 0.25) is 5.56 Å². The second kappa shape index (κ2) is 3.73. The van der Waals surface area contributed by atoms with E-state index in [1.54, 1.807) is 19.1 Å². The predicted molar refractivity (Wildman–Crippen MR) is 60.6 cm³/mol. The maximum Gasteiger partial charge on any atom is 0.248 e. The highest BCUT2D eigenvalue weighted by molar-refractivity contribution is 5.68. The molecule has 0 bridgehead atoms. The summed E-state index contributed by atoms with van der Waals surface area (Å²) in [6, 6.07) is 7.65. The lowest BCUT2D eigenvalue weighted by molar-refractivity contribution is 0.404. The molecule has 16 heavy (non-hydrogen) atoms. The first-order valence-electron chi connectivity index (χ1n) is 4.80. The lowest BCUT2D eigenvalue weighted by Gasteiger charge is -2.06. The Labute approximate surface area is 91.8 Å². The van der Waals surface area contributed by atoms with Gasteiger partial charge in [0.1, 0.15) is 0 Å². The Morgan fingerprint density at radius 3 is 2.44 bits per heavy atom. The molecule has 0 unspecified atom stereocenters. The summed E-state index contributed by atoms with van der Waals surface area (Å²) in [4.78, 5) is 13.7. The van der Waals surface area contributed by atoms with Crippen LogP contribution in [0.25, 0.3) is 11.1 Å². The molecule has 0 aliphatic carbocycles. The molecule has 0 radical (unpaired) electrons. The predicted octanol–water partition coefficient (Wildman–Crippen LogP) is 1.76. The van der Waals surface area contributed by atoms with Crippen molar-refractivity contribution in [1.29, 1.82) is 0 Å². The van der Waals surface area contributed by atoms with E-state index in [1.807, 2.05) is 0 Å². The van der Waals surface area contributed by atoms with Gasteiger partial charge in [-0.2, -0.15) is 0 Å². The number of aromatic nitrogens is 1. The van der Waals surface area contributed by atoms with Crippen molar-refractivity contribution in [1.82, 2.24) is 4.98 Å². The molecule has 0 saturated carbocycles. The number of H-pyrrole nitrogens is 1. The minimum atomic E-state index is -0.178. The number of phenolic OH excluding ortho intramolecular Hbond substituents is 2. The molecule has 0 atom stereocenters. The third kappa shape index (κ3) is 1.77. The molecule has 4 heteroatoms. The van der Waals surface area contributed by atoms with Crippen molar-refractivity contribution >= 4 is 0 Å². The highest BCUT2D eigenvalue weighted by Gasteiger charge is 2.05. The van der Waals surface area contributed by atoms with E-state index in [4.69, 9.17) is 0 Å². The van der Waals surface area contributed by atoms with Crippen LogP contribution in [0, 0.1) is 6.92 Å². The lowest BCUT2D eigenvalue weighted by Crippen LogP contribution is -2.05. The van der Waals surface area contributed by atoms with Crippen LogP contribution in [0.1, 0.15) is 5.69 Å². The van der Waals surface area contributed by atoms with E-state index in [0.717, 1.165) is 16.8 Å². The molecule has 3 N–H and O–H groups in total. The molecule has 1 aromatic carbocycles. The number of aryl methyl sites for hydroxylation is 1. The summed E-state index contributed by atoms with van der Waals surface area (Å²) in [7, 11) is 0. The van der Waals surface area contributed by atoms with Crippen molar-refractivity contribution in [3.63, 3.8) is 0 Å². The van der Waals surface area contributed by atoms with Crippen LogP contribution in [0.4, 0.5) is 0 Å². The van der Waals surface area contributed by atoms with Crippen LogP contribution in [0.5, 0.6) is 11.5 Å². The molecular formula is C12H11NO3. The van der Waals surface area contributed by atoms with E-state index in [9.17, 15) is 15.0 Å². The second-order valence-electron chi connectivity index (χ2n) is 3.56. The van der Waals surface area contributed by atoms with Crippen LogP contribution >= 0.6 is 0 Å². The number of benzene rings is 1. The highest BCUT2D eigenvalue weighted by atomic mass is 16.3. The van der Waals surface area contributed by atoms with E-state index < -0.39 is 0 Å². The van der Waals surface area contributed by atoms with Crippen LogP contribution in [0.15, 0.2) is 35.1 Å². The van der Waals surface area contributed by atoms with Crippen LogP contribution in [0.3, 0.4) is 0 Å². The minimum absolute atomic E-state index is 0.161. The quantitative estimate of drug-likeness (QED) is 0.637. The summed E-state index contributed by atoms with van der Waals surface area (Å²) in [6.07, 6.45) is 0. The third-order valence-corrected chi connectivity index (χ3v) is 2.40. The van der Waals surface area contributed by atoms with Crippen LogP contribution in [0.2, 0.25) is 0 Å². The Kier molecular flexibility index (Phi) is 2.40. The fourth-order valence-corrected chi connectivity index (χ4v) is 1.58. The number of pyridine rings is 1. The molecule has 0 fully saturated rings. The number of aromatic hydroxyl groups is 2. The monoisotopic (exact) mass is 217 g/mol. The maximum absolute atomic E-state index is 11.0. The van der Waals surface area contributed by atoms with Gasteiger partial charge in [0.15, 0.2) is 11.5 Å². The molecule has 0 aliphatic heterocycles. The first-order chi connectivity index (χ1) is 7.58. The summed E-state index contributed by atoms with van der Waals surface area (Å²) >= 11 is 0. The fraction of sp³-hybridized carbons (Fsp3) is 0.0833. The molecule has 0 spiro atoms. The minimum Gasteiger partial charge on any atom is -0.504 e. The lowest BCUT2D eigenvalue weighted by atomic mass is 10.0. The number of nitrogens with one attached hydrogen (secondary N) is 1. The molecule has 4 nitrogen and oxygen atoms in total. The highest BCUT2D eigenvalue weighted by Crippen LogP contribution is 2.30. The van der Waals surface area contributed by atoms with Crippen molar-refractivity contribution in [2.24, 2.45) is 0 Å². The number of phenols is 2. The maximum atomic E-state index is 11.0. The largest absolute Gasteiger partial charge is 0.504 e. The van der Waals surface area contributed by atoms with Gasteiger partial charge >= 0.3 is 0 Å². The van der Waals surface area contributed by atoms with Gasteiger partial charge in [-0.05, 0) is 30.7 Å². The molecule has 1 heterocycles. The van der Waals surface area contributed by atoms with Crippen LogP contribution < -0.4 is 5.56 Å². The van der Waals surface area contributed by atoms with Gasteiger partial charge in [-0.1, -0.05) is 6.07 Å². The van der Waals surface area contributed by atoms with E-state index in [-0.39, 0.29) is 17.1 Å². The van der Waals surface area contributed by atoms with Crippen molar-refractivity contribution in [3.05, 3.63) is 46.4 Å².